The third-order valence-corrected chi connectivity index (χ3v) is 6.81. The number of hydrogen-bond acceptors (Lipinski definition) is 3. The van der Waals surface area contributed by atoms with Crippen molar-refractivity contribution in [3.63, 3.8) is 0 Å². The lowest BCUT2D eigenvalue weighted by molar-refractivity contribution is -0.164. The predicted molar refractivity (Wildman–Crippen MR) is 77.5 cm³/mol. The van der Waals surface area contributed by atoms with Crippen LogP contribution in [0.15, 0.2) is 23.1 Å². The molecular formula is C15H19NO4S. The first kappa shape index (κ1) is 14.5. The molecule has 1 aliphatic carbocycles. The van der Waals surface area contributed by atoms with E-state index in [0.29, 0.717) is 6.54 Å². The van der Waals surface area contributed by atoms with Crippen LogP contribution in [0.4, 0.5) is 0 Å². The Morgan fingerprint density at radius 3 is 2.43 bits per heavy atom. The van der Waals surface area contributed by atoms with Crippen molar-refractivity contribution >= 4 is 16.0 Å². The fourth-order valence-electron chi connectivity index (χ4n) is 3.36. The number of hydrogen-bond donors (Lipinski definition) is 1. The summed E-state index contributed by atoms with van der Waals surface area (Å²) in [5, 5.41) is 9.41. The highest BCUT2D eigenvalue weighted by atomic mass is 32.2. The Kier molecular flexibility index (Phi) is 3.15. The van der Waals surface area contributed by atoms with Crippen molar-refractivity contribution in [2.24, 2.45) is 5.41 Å². The first-order valence-electron chi connectivity index (χ1n) is 7.10. The molecule has 1 heterocycles. The van der Waals surface area contributed by atoms with Crippen molar-refractivity contribution in [1.29, 1.82) is 0 Å². The number of aryl methyl sites for hydroxylation is 2. The average molecular weight is 309 g/mol. The lowest BCUT2D eigenvalue weighted by atomic mass is 9.59. The molecule has 21 heavy (non-hydrogen) atoms. The molecule has 5 nitrogen and oxygen atoms in total. The zero-order valence-electron chi connectivity index (χ0n) is 12.2. The Labute approximate surface area is 124 Å². The summed E-state index contributed by atoms with van der Waals surface area (Å²) in [4.78, 5) is 11.7. The number of carbonyl (C=O) groups is 1. The summed E-state index contributed by atoms with van der Waals surface area (Å²) in [7, 11) is -3.73. The van der Waals surface area contributed by atoms with E-state index in [0.717, 1.165) is 34.7 Å². The van der Waals surface area contributed by atoms with Crippen LogP contribution >= 0.6 is 0 Å². The highest BCUT2D eigenvalue weighted by Gasteiger charge is 2.63. The summed E-state index contributed by atoms with van der Waals surface area (Å²) < 4.78 is 26.5. The SMILES string of the molecule is Cc1ccc(S(=O)(=O)N2CC3(CCC3)C2C(=O)O)cc1C. The van der Waals surface area contributed by atoms with Gasteiger partial charge in [0.05, 0.1) is 4.90 Å². The van der Waals surface area contributed by atoms with E-state index in [1.807, 2.05) is 13.8 Å². The van der Waals surface area contributed by atoms with Gasteiger partial charge >= 0.3 is 5.97 Å². The Bertz CT molecular complexity index is 706. The van der Waals surface area contributed by atoms with Crippen molar-refractivity contribution in [2.45, 2.75) is 44.0 Å². The zero-order valence-corrected chi connectivity index (χ0v) is 13.0. The van der Waals surface area contributed by atoms with Gasteiger partial charge in [-0.2, -0.15) is 4.31 Å². The summed E-state index contributed by atoms with van der Waals surface area (Å²) in [6.07, 6.45) is 2.60. The zero-order chi connectivity index (χ0) is 15.4. The van der Waals surface area contributed by atoms with E-state index in [2.05, 4.69) is 0 Å². The van der Waals surface area contributed by atoms with Crippen LogP contribution in [-0.4, -0.2) is 36.4 Å². The lowest BCUT2D eigenvalue weighted by Crippen LogP contribution is -2.71. The number of nitrogens with zero attached hydrogens (tertiary/aromatic N) is 1. The number of aliphatic carboxylic acids is 1. The standard InChI is InChI=1S/C15H19NO4S/c1-10-4-5-12(8-11(10)2)21(19,20)16-9-15(6-3-7-15)13(16)14(17)18/h4-5,8,13H,3,6-7,9H2,1-2H3,(H,17,18). The Morgan fingerprint density at radius 2 is 1.95 bits per heavy atom. The van der Waals surface area contributed by atoms with Gasteiger partial charge in [0.15, 0.2) is 0 Å². The first-order valence-corrected chi connectivity index (χ1v) is 8.54. The van der Waals surface area contributed by atoms with Crippen LogP contribution in [0.3, 0.4) is 0 Å². The molecule has 1 aromatic rings. The van der Waals surface area contributed by atoms with Gasteiger partial charge in [-0.25, -0.2) is 8.42 Å². The third kappa shape index (κ3) is 2.00. The van der Waals surface area contributed by atoms with E-state index in [9.17, 15) is 18.3 Å². The topological polar surface area (TPSA) is 74.7 Å². The average Bonchev–Trinajstić information content (AvgIpc) is 2.28. The van der Waals surface area contributed by atoms with Gasteiger partial charge < -0.3 is 5.11 Å². The molecule has 1 saturated carbocycles. The van der Waals surface area contributed by atoms with E-state index in [1.165, 1.54) is 0 Å². The van der Waals surface area contributed by atoms with Crippen LogP contribution in [0.1, 0.15) is 30.4 Å². The van der Waals surface area contributed by atoms with E-state index in [-0.39, 0.29) is 10.3 Å². The maximum Gasteiger partial charge on any atom is 0.322 e. The molecule has 1 aromatic carbocycles. The normalized spacial score (nSPS) is 24.4. The Hall–Kier alpha value is -1.40. The molecule has 2 fully saturated rings. The molecule has 0 amide bonds. The molecule has 6 heteroatoms. The second-order valence-electron chi connectivity index (χ2n) is 6.25. The van der Waals surface area contributed by atoms with Gasteiger partial charge in [-0.05, 0) is 49.9 Å². The van der Waals surface area contributed by atoms with Crippen molar-refractivity contribution in [3.05, 3.63) is 29.3 Å². The van der Waals surface area contributed by atoms with E-state index < -0.39 is 22.0 Å². The molecule has 1 N–H and O–H groups in total. The Balaban J connectivity index is 1.95. The molecule has 114 valence electrons. The summed E-state index contributed by atoms with van der Waals surface area (Å²) in [5.41, 5.74) is 1.59. The van der Waals surface area contributed by atoms with Crippen molar-refractivity contribution in [3.8, 4) is 0 Å². The molecule has 1 aliphatic heterocycles. The fourth-order valence-corrected chi connectivity index (χ4v) is 5.22. The molecule has 0 aromatic heterocycles. The van der Waals surface area contributed by atoms with Gasteiger partial charge in [-0.15, -0.1) is 0 Å². The Morgan fingerprint density at radius 1 is 1.29 bits per heavy atom. The molecule has 1 atom stereocenters. The van der Waals surface area contributed by atoms with Crippen LogP contribution in [0.2, 0.25) is 0 Å². The van der Waals surface area contributed by atoms with Crippen LogP contribution in [0, 0.1) is 19.3 Å². The number of carboxylic acid groups (broad SMARTS) is 1. The maximum absolute atomic E-state index is 12.7. The monoisotopic (exact) mass is 309 g/mol. The second kappa shape index (κ2) is 4.55. The van der Waals surface area contributed by atoms with Gasteiger partial charge in [0.2, 0.25) is 10.0 Å². The largest absolute Gasteiger partial charge is 0.480 e. The van der Waals surface area contributed by atoms with Gasteiger partial charge in [0, 0.05) is 12.0 Å². The van der Waals surface area contributed by atoms with Crippen LogP contribution in [-0.2, 0) is 14.8 Å². The van der Waals surface area contributed by atoms with Crippen molar-refractivity contribution in [2.75, 3.05) is 6.54 Å². The summed E-state index contributed by atoms with van der Waals surface area (Å²) in [6, 6.07) is 4.03. The molecule has 2 aliphatic rings. The minimum absolute atomic E-state index is 0.186. The molecule has 0 bridgehead atoms. The molecule has 0 radical (unpaired) electrons. The lowest BCUT2D eigenvalue weighted by Gasteiger charge is -2.59. The van der Waals surface area contributed by atoms with Gasteiger partial charge in [0.1, 0.15) is 6.04 Å². The molecular weight excluding hydrogens is 290 g/mol. The maximum atomic E-state index is 12.7. The van der Waals surface area contributed by atoms with E-state index >= 15 is 0 Å². The fraction of sp³-hybridized carbons (Fsp3) is 0.533. The molecule has 1 saturated heterocycles. The number of sulfonamides is 1. The predicted octanol–water partition coefficient (Wildman–Crippen LogP) is 1.93. The number of benzene rings is 1. The quantitative estimate of drug-likeness (QED) is 0.926. The first-order chi connectivity index (χ1) is 9.78. The van der Waals surface area contributed by atoms with Gasteiger partial charge in [0.25, 0.3) is 0 Å². The van der Waals surface area contributed by atoms with Crippen LogP contribution in [0.25, 0.3) is 0 Å². The van der Waals surface area contributed by atoms with Crippen molar-refractivity contribution < 1.29 is 18.3 Å². The van der Waals surface area contributed by atoms with E-state index in [4.69, 9.17) is 0 Å². The summed E-state index contributed by atoms with van der Waals surface area (Å²) >= 11 is 0. The van der Waals surface area contributed by atoms with Gasteiger partial charge in [-0.3, -0.25) is 4.79 Å². The van der Waals surface area contributed by atoms with Crippen LogP contribution in [0.5, 0.6) is 0 Å². The molecule has 1 spiro atoms. The molecule has 3 rings (SSSR count). The van der Waals surface area contributed by atoms with E-state index in [1.54, 1.807) is 18.2 Å². The second-order valence-corrected chi connectivity index (χ2v) is 8.14. The third-order valence-electron chi connectivity index (χ3n) is 5.01. The summed E-state index contributed by atoms with van der Waals surface area (Å²) in [5.74, 6) is -1.03. The van der Waals surface area contributed by atoms with Crippen LogP contribution < -0.4 is 0 Å². The highest BCUT2D eigenvalue weighted by molar-refractivity contribution is 7.89. The number of carboxylic acids is 1. The van der Waals surface area contributed by atoms with Gasteiger partial charge in [-0.1, -0.05) is 12.5 Å². The molecule has 1 unspecified atom stereocenters. The highest BCUT2D eigenvalue weighted by Crippen LogP contribution is 2.54. The van der Waals surface area contributed by atoms with Crippen molar-refractivity contribution in [1.82, 2.24) is 4.31 Å². The summed E-state index contributed by atoms with van der Waals surface area (Å²) in [6.45, 7) is 4.10. The minimum atomic E-state index is -3.73. The smallest absolute Gasteiger partial charge is 0.322 e. The number of rotatable bonds is 3. The minimum Gasteiger partial charge on any atom is -0.480 e.